The molecule has 3 rings (SSSR count). The first-order chi connectivity index (χ1) is 13.6. The third kappa shape index (κ3) is 5.12. The molecule has 0 fully saturated rings. The summed E-state index contributed by atoms with van der Waals surface area (Å²) >= 11 is 6.39. The second kappa shape index (κ2) is 8.10. The number of sulfonamides is 1. The highest BCUT2D eigenvalue weighted by atomic mass is 35.5. The number of rotatable bonds is 6. The van der Waals surface area contributed by atoms with Crippen LogP contribution in [-0.4, -0.2) is 36.4 Å². The van der Waals surface area contributed by atoms with E-state index in [1.54, 1.807) is 36.8 Å². The van der Waals surface area contributed by atoms with Gasteiger partial charge in [0.05, 0.1) is 17.9 Å². The van der Waals surface area contributed by atoms with Crippen LogP contribution in [0, 0.1) is 0 Å². The molecule has 0 bridgehead atoms. The molecule has 0 atom stereocenters. The average molecular weight is 432 g/mol. The number of anilines is 1. The van der Waals surface area contributed by atoms with E-state index in [0.29, 0.717) is 10.7 Å². The highest BCUT2D eigenvalue weighted by molar-refractivity contribution is 7.92. The molecule has 0 amide bonds. The maximum absolute atomic E-state index is 11.4. The van der Waals surface area contributed by atoms with E-state index in [0.717, 1.165) is 34.2 Å². The molecule has 152 valence electrons. The van der Waals surface area contributed by atoms with Gasteiger partial charge in [-0.05, 0) is 35.9 Å². The largest absolute Gasteiger partial charge is 0.395 e. The Kier molecular flexibility index (Phi) is 5.93. The maximum atomic E-state index is 11.4. The quantitative estimate of drug-likeness (QED) is 0.612. The summed E-state index contributed by atoms with van der Waals surface area (Å²) in [5.41, 5.74) is 4.09. The molecule has 2 N–H and O–H groups in total. The van der Waals surface area contributed by atoms with Crippen LogP contribution in [-0.2, 0) is 15.4 Å². The van der Waals surface area contributed by atoms with Crippen molar-refractivity contribution in [2.45, 2.75) is 19.3 Å². The molecule has 2 aromatic heterocycles. The molecule has 0 spiro atoms. The number of aliphatic hydroxyl groups excluding tert-OH is 1. The van der Waals surface area contributed by atoms with E-state index >= 15 is 0 Å². The minimum Gasteiger partial charge on any atom is -0.395 e. The molecule has 0 aliphatic carbocycles. The first-order valence-corrected chi connectivity index (χ1v) is 11.2. The van der Waals surface area contributed by atoms with Crippen LogP contribution in [0.15, 0.2) is 55.0 Å². The van der Waals surface area contributed by atoms with Gasteiger partial charge in [-0.15, -0.1) is 0 Å². The van der Waals surface area contributed by atoms with Crippen LogP contribution in [0.4, 0.5) is 5.69 Å². The van der Waals surface area contributed by atoms with E-state index in [4.69, 9.17) is 11.6 Å². The fourth-order valence-electron chi connectivity index (χ4n) is 2.83. The number of aromatic nitrogens is 2. The number of nitrogens with one attached hydrogen (secondary N) is 1. The lowest BCUT2D eigenvalue weighted by atomic mass is 9.88. The Labute approximate surface area is 175 Å². The normalized spacial score (nSPS) is 12.0. The number of hydrogen-bond donors (Lipinski definition) is 2. The van der Waals surface area contributed by atoms with Crippen molar-refractivity contribution >= 4 is 27.3 Å². The predicted molar refractivity (Wildman–Crippen MR) is 116 cm³/mol. The second-order valence-electron chi connectivity index (χ2n) is 7.50. The third-order valence-corrected chi connectivity index (χ3v) is 5.42. The van der Waals surface area contributed by atoms with E-state index < -0.39 is 15.4 Å². The van der Waals surface area contributed by atoms with Gasteiger partial charge in [0, 0.05) is 52.1 Å². The van der Waals surface area contributed by atoms with Gasteiger partial charge in [0.1, 0.15) is 0 Å². The van der Waals surface area contributed by atoms with E-state index in [1.807, 2.05) is 32.0 Å². The number of benzene rings is 1. The predicted octanol–water partition coefficient (Wildman–Crippen LogP) is 4.11. The maximum Gasteiger partial charge on any atom is 0.229 e. The third-order valence-electron chi connectivity index (χ3n) is 4.50. The first kappa shape index (κ1) is 21.2. The van der Waals surface area contributed by atoms with Gasteiger partial charge in [-0.2, -0.15) is 0 Å². The number of nitrogens with zero attached hydrogens (tertiary/aromatic N) is 2. The summed E-state index contributed by atoms with van der Waals surface area (Å²) in [5, 5.41) is 10.0. The van der Waals surface area contributed by atoms with Crippen molar-refractivity contribution in [3.63, 3.8) is 0 Å². The zero-order valence-corrected chi connectivity index (χ0v) is 17.9. The highest BCUT2D eigenvalue weighted by Crippen LogP contribution is 2.33. The zero-order chi connectivity index (χ0) is 21.2. The van der Waals surface area contributed by atoms with Crippen molar-refractivity contribution < 1.29 is 13.5 Å². The summed E-state index contributed by atoms with van der Waals surface area (Å²) in [6.45, 7) is 3.85. The summed E-state index contributed by atoms with van der Waals surface area (Å²) in [5.74, 6) is 0. The fraction of sp³-hybridized carbons (Fsp3) is 0.238. The Hall–Kier alpha value is -2.48. The van der Waals surface area contributed by atoms with Gasteiger partial charge in [0.15, 0.2) is 0 Å². The van der Waals surface area contributed by atoms with Crippen LogP contribution in [0.5, 0.6) is 0 Å². The van der Waals surface area contributed by atoms with E-state index in [1.165, 1.54) is 0 Å². The van der Waals surface area contributed by atoms with E-state index in [2.05, 4.69) is 14.7 Å². The van der Waals surface area contributed by atoms with Crippen LogP contribution in [0.2, 0.25) is 5.02 Å². The molecule has 0 aliphatic heterocycles. The standard InChI is InChI=1S/C21H22ClN3O3S/c1-21(2,13-26)20-9-14(6-7-24-20)15-8-16(12-23-11-15)18-5-4-17(10-19(18)22)25-29(3,27)28/h4-12,25-26H,13H2,1-3H3. The smallest absolute Gasteiger partial charge is 0.229 e. The van der Waals surface area contributed by atoms with Gasteiger partial charge >= 0.3 is 0 Å². The lowest BCUT2D eigenvalue weighted by Crippen LogP contribution is -2.23. The van der Waals surface area contributed by atoms with Crippen LogP contribution >= 0.6 is 11.6 Å². The monoisotopic (exact) mass is 431 g/mol. The van der Waals surface area contributed by atoms with Gasteiger partial charge in [0.25, 0.3) is 0 Å². The minimum atomic E-state index is -3.38. The average Bonchev–Trinajstić information content (AvgIpc) is 2.67. The van der Waals surface area contributed by atoms with Gasteiger partial charge in [-0.1, -0.05) is 31.5 Å². The van der Waals surface area contributed by atoms with Crippen molar-refractivity contribution in [1.82, 2.24) is 9.97 Å². The summed E-state index contributed by atoms with van der Waals surface area (Å²) < 4.78 is 25.2. The molecule has 0 radical (unpaired) electrons. The van der Waals surface area contributed by atoms with Gasteiger partial charge in [0.2, 0.25) is 10.0 Å². The van der Waals surface area contributed by atoms with Crippen LogP contribution in [0.1, 0.15) is 19.5 Å². The number of halogens is 1. The highest BCUT2D eigenvalue weighted by Gasteiger charge is 2.21. The number of hydrogen-bond acceptors (Lipinski definition) is 5. The molecule has 1 aromatic carbocycles. The first-order valence-electron chi connectivity index (χ1n) is 8.89. The van der Waals surface area contributed by atoms with Crippen LogP contribution in [0.3, 0.4) is 0 Å². The van der Waals surface area contributed by atoms with Crippen molar-refractivity contribution in [2.75, 3.05) is 17.6 Å². The summed E-state index contributed by atoms with van der Waals surface area (Å²) in [6.07, 6.45) is 6.26. The Balaban J connectivity index is 1.98. The molecule has 0 saturated carbocycles. The van der Waals surface area contributed by atoms with Crippen molar-refractivity contribution in [3.8, 4) is 22.3 Å². The Morgan fingerprint density at radius 1 is 1.07 bits per heavy atom. The molecule has 2 heterocycles. The van der Waals surface area contributed by atoms with Crippen LogP contribution in [0.25, 0.3) is 22.3 Å². The van der Waals surface area contributed by atoms with Crippen molar-refractivity contribution in [2.24, 2.45) is 0 Å². The summed E-state index contributed by atoms with van der Waals surface area (Å²) in [4.78, 5) is 8.72. The lowest BCUT2D eigenvalue weighted by Gasteiger charge is -2.21. The minimum absolute atomic E-state index is 0.00872. The zero-order valence-electron chi connectivity index (χ0n) is 16.3. The molecular formula is C21H22ClN3O3S. The molecule has 0 aliphatic rings. The Morgan fingerprint density at radius 3 is 2.45 bits per heavy atom. The van der Waals surface area contributed by atoms with E-state index in [9.17, 15) is 13.5 Å². The lowest BCUT2D eigenvalue weighted by molar-refractivity contribution is 0.215. The SMILES string of the molecule is CC(C)(CO)c1cc(-c2cncc(-c3ccc(NS(C)(=O)=O)cc3Cl)c2)ccn1. The second-order valence-corrected chi connectivity index (χ2v) is 9.66. The Morgan fingerprint density at radius 2 is 1.79 bits per heavy atom. The summed E-state index contributed by atoms with van der Waals surface area (Å²) in [7, 11) is -3.38. The van der Waals surface area contributed by atoms with E-state index in [-0.39, 0.29) is 6.61 Å². The van der Waals surface area contributed by atoms with Gasteiger partial charge < -0.3 is 5.11 Å². The molecular weight excluding hydrogens is 410 g/mol. The van der Waals surface area contributed by atoms with Crippen molar-refractivity contribution in [1.29, 1.82) is 0 Å². The molecule has 6 nitrogen and oxygen atoms in total. The van der Waals surface area contributed by atoms with Crippen LogP contribution < -0.4 is 4.72 Å². The molecule has 0 saturated heterocycles. The number of aliphatic hydroxyl groups is 1. The fourth-order valence-corrected chi connectivity index (χ4v) is 3.68. The number of pyridine rings is 2. The summed E-state index contributed by atoms with van der Waals surface area (Å²) in [6, 6.07) is 10.8. The van der Waals surface area contributed by atoms with Gasteiger partial charge in [-0.25, -0.2) is 8.42 Å². The molecule has 29 heavy (non-hydrogen) atoms. The topological polar surface area (TPSA) is 92.2 Å². The Bertz CT molecular complexity index is 1150. The van der Waals surface area contributed by atoms with Gasteiger partial charge in [-0.3, -0.25) is 14.7 Å². The van der Waals surface area contributed by atoms with Crippen molar-refractivity contribution in [3.05, 3.63) is 65.7 Å². The molecule has 8 heteroatoms. The molecule has 3 aromatic rings. The molecule has 0 unspecified atom stereocenters.